The van der Waals surface area contributed by atoms with Crippen molar-refractivity contribution < 1.29 is 9.72 Å². The molecule has 1 amide bonds. The minimum absolute atomic E-state index is 0.0394. The molecule has 0 bridgehead atoms. The summed E-state index contributed by atoms with van der Waals surface area (Å²) >= 11 is 5.99. The van der Waals surface area contributed by atoms with Gasteiger partial charge >= 0.3 is 0 Å². The highest BCUT2D eigenvalue weighted by Gasteiger charge is 2.16. The van der Waals surface area contributed by atoms with E-state index < -0.39 is 10.8 Å². The van der Waals surface area contributed by atoms with Crippen molar-refractivity contribution in [2.75, 3.05) is 5.32 Å². The predicted molar refractivity (Wildman–Crippen MR) is 91.6 cm³/mol. The van der Waals surface area contributed by atoms with Gasteiger partial charge in [0.15, 0.2) is 0 Å². The third-order valence-corrected chi connectivity index (χ3v) is 3.73. The summed E-state index contributed by atoms with van der Waals surface area (Å²) in [6.07, 6.45) is 3.03. The van der Waals surface area contributed by atoms with Crippen molar-refractivity contribution in [1.29, 1.82) is 0 Å². The second kappa shape index (κ2) is 7.10. The second-order valence-electron chi connectivity index (χ2n) is 5.17. The van der Waals surface area contributed by atoms with Crippen LogP contribution in [-0.2, 0) is 6.54 Å². The van der Waals surface area contributed by atoms with Gasteiger partial charge < -0.3 is 5.32 Å². The number of carbonyl (C=O) groups is 1. The maximum Gasteiger partial charge on any atom is 0.270 e. The van der Waals surface area contributed by atoms with E-state index in [2.05, 4.69) is 15.4 Å². The molecule has 0 aliphatic rings. The largest absolute Gasteiger partial charge is 0.322 e. The maximum absolute atomic E-state index is 12.4. The van der Waals surface area contributed by atoms with Crippen LogP contribution in [-0.4, -0.2) is 25.6 Å². The Kier molecular flexibility index (Phi) is 4.71. The molecule has 0 saturated carbocycles. The van der Waals surface area contributed by atoms with Gasteiger partial charge in [-0.15, -0.1) is 0 Å². The van der Waals surface area contributed by atoms with Crippen LogP contribution in [0.4, 0.5) is 11.4 Å². The highest BCUT2D eigenvalue weighted by Crippen LogP contribution is 2.23. The quantitative estimate of drug-likeness (QED) is 0.558. The van der Waals surface area contributed by atoms with Crippen LogP contribution in [0.1, 0.15) is 15.9 Å². The number of halogens is 1. The molecule has 3 rings (SSSR count). The number of non-ortho nitro benzene ring substituents is 1. The Morgan fingerprint density at radius 3 is 2.84 bits per heavy atom. The highest BCUT2D eigenvalue weighted by atomic mass is 35.5. The molecule has 2 aromatic carbocycles. The molecule has 25 heavy (non-hydrogen) atoms. The molecule has 0 atom stereocenters. The number of rotatable bonds is 5. The van der Waals surface area contributed by atoms with Gasteiger partial charge in [-0.1, -0.05) is 23.7 Å². The van der Waals surface area contributed by atoms with E-state index in [1.165, 1.54) is 18.5 Å². The van der Waals surface area contributed by atoms with Gasteiger partial charge in [-0.3, -0.25) is 14.9 Å². The van der Waals surface area contributed by atoms with E-state index in [9.17, 15) is 14.9 Å². The van der Waals surface area contributed by atoms with Crippen LogP contribution in [0.15, 0.2) is 55.1 Å². The first kappa shape index (κ1) is 16.6. The molecule has 0 fully saturated rings. The van der Waals surface area contributed by atoms with E-state index in [1.807, 2.05) is 6.07 Å². The Bertz CT molecular complexity index is 927. The number of nitro benzene ring substituents is 1. The van der Waals surface area contributed by atoms with Crippen LogP contribution >= 0.6 is 11.6 Å². The number of carbonyl (C=O) groups excluding carboxylic acids is 1. The molecular weight excluding hydrogens is 346 g/mol. The van der Waals surface area contributed by atoms with Crippen molar-refractivity contribution in [1.82, 2.24) is 14.8 Å². The number of hydrogen-bond donors (Lipinski definition) is 1. The number of benzene rings is 2. The molecule has 0 unspecified atom stereocenters. The smallest absolute Gasteiger partial charge is 0.270 e. The van der Waals surface area contributed by atoms with Crippen LogP contribution < -0.4 is 5.32 Å². The van der Waals surface area contributed by atoms with E-state index in [-0.39, 0.29) is 16.3 Å². The summed E-state index contributed by atoms with van der Waals surface area (Å²) in [7, 11) is 0. The zero-order valence-electron chi connectivity index (χ0n) is 12.8. The van der Waals surface area contributed by atoms with Crippen molar-refractivity contribution in [3.8, 4) is 0 Å². The Labute approximate surface area is 147 Å². The third-order valence-electron chi connectivity index (χ3n) is 3.40. The minimum Gasteiger partial charge on any atom is -0.322 e. The number of nitrogens with one attached hydrogen (secondary N) is 1. The van der Waals surface area contributed by atoms with Gasteiger partial charge in [0, 0.05) is 17.8 Å². The van der Waals surface area contributed by atoms with Crippen LogP contribution in [0.5, 0.6) is 0 Å². The lowest BCUT2D eigenvalue weighted by atomic mass is 10.1. The SMILES string of the molecule is O=C(Nc1cccc(Cn2cncn2)c1)c1cc([N+](=O)[O-])ccc1Cl. The van der Waals surface area contributed by atoms with Crippen molar-refractivity contribution in [2.24, 2.45) is 0 Å². The molecule has 0 saturated heterocycles. The Hall–Kier alpha value is -3.26. The lowest BCUT2D eigenvalue weighted by molar-refractivity contribution is -0.384. The monoisotopic (exact) mass is 357 g/mol. The van der Waals surface area contributed by atoms with Crippen LogP contribution in [0, 0.1) is 10.1 Å². The first-order chi connectivity index (χ1) is 12.0. The Balaban J connectivity index is 1.79. The van der Waals surface area contributed by atoms with E-state index in [0.717, 1.165) is 11.6 Å². The summed E-state index contributed by atoms with van der Waals surface area (Å²) < 4.78 is 1.65. The highest BCUT2D eigenvalue weighted by molar-refractivity contribution is 6.34. The summed E-state index contributed by atoms with van der Waals surface area (Å²) in [6.45, 7) is 0.501. The van der Waals surface area contributed by atoms with Gasteiger partial charge in [-0.2, -0.15) is 5.10 Å². The van der Waals surface area contributed by atoms with E-state index >= 15 is 0 Å². The Morgan fingerprint density at radius 2 is 2.12 bits per heavy atom. The lowest BCUT2D eigenvalue weighted by Gasteiger charge is -2.09. The molecule has 1 aromatic heterocycles. The summed E-state index contributed by atoms with van der Waals surface area (Å²) in [5.74, 6) is -0.522. The van der Waals surface area contributed by atoms with Crippen LogP contribution in [0.3, 0.4) is 0 Å². The van der Waals surface area contributed by atoms with Crippen molar-refractivity contribution in [3.05, 3.63) is 81.4 Å². The summed E-state index contributed by atoms with van der Waals surface area (Å²) in [6, 6.07) is 10.9. The average Bonchev–Trinajstić information content (AvgIpc) is 3.08. The zero-order valence-corrected chi connectivity index (χ0v) is 13.6. The number of nitro groups is 1. The van der Waals surface area contributed by atoms with Gasteiger partial charge in [-0.25, -0.2) is 9.67 Å². The van der Waals surface area contributed by atoms with Gasteiger partial charge in [0.1, 0.15) is 12.7 Å². The summed E-state index contributed by atoms with van der Waals surface area (Å²) in [5.41, 5.74) is 1.30. The van der Waals surface area contributed by atoms with Crippen molar-refractivity contribution in [3.63, 3.8) is 0 Å². The molecule has 9 heteroatoms. The molecule has 126 valence electrons. The van der Waals surface area contributed by atoms with Crippen molar-refractivity contribution >= 4 is 28.9 Å². The topological polar surface area (TPSA) is 103 Å². The molecule has 0 aliphatic carbocycles. The molecule has 1 N–H and O–H groups in total. The van der Waals surface area contributed by atoms with E-state index in [0.29, 0.717) is 12.2 Å². The van der Waals surface area contributed by atoms with Crippen LogP contribution in [0.2, 0.25) is 5.02 Å². The maximum atomic E-state index is 12.4. The number of nitrogens with zero attached hydrogens (tertiary/aromatic N) is 4. The standard InChI is InChI=1S/C16H12ClN5O3/c17-15-5-4-13(22(24)25)7-14(15)16(23)20-12-3-1-2-11(6-12)8-21-10-18-9-19-21/h1-7,9-10H,8H2,(H,20,23). The van der Waals surface area contributed by atoms with Gasteiger partial charge in [0.25, 0.3) is 11.6 Å². The number of hydrogen-bond acceptors (Lipinski definition) is 5. The third kappa shape index (κ3) is 3.99. The fourth-order valence-corrected chi connectivity index (χ4v) is 2.45. The molecule has 3 aromatic rings. The first-order valence-electron chi connectivity index (χ1n) is 7.19. The Morgan fingerprint density at radius 1 is 1.28 bits per heavy atom. The zero-order chi connectivity index (χ0) is 17.8. The average molecular weight is 358 g/mol. The number of amides is 1. The fraction of sp³-hybridized carbons (Fsp3) is 0.0625. The fourth-order valence-electron chi connectivity index (χ4n) is 2.25. The van der Waals surface area contributed by atoms with Crippen LogP contribution in [0.25, 0.3) is 0 Å². The molecule has 1 heterocycles. The molecule has 0 spiro atoms. The summed E-state index contributed by atoms with van der Waals surface area (Å²) in [5, 5.41) is 17.7. The molecule has 0 radical (unpaired) electrons. The molecule has 8 nitrogen and oxygen atoms in total. The normalized spacial score (nSPS) is 10.4. The second-order valence-corrected chi connectivity index (χ2v) is 5.58. The minimum atomic E-state index is -0.578. The number of anilines is 1. The van der Waals surface area contributed by atoms with E-state index in [1.54, 1.807) is 29.2 Å². The van der Waals surface area contributed by atoms with Gasteiger partial charge in [0.2, 0.25) is 0 Å². The molecule has 0 aliphatic heterocycles. The molecular formula is C16H12ClN5O3. The van der Waals surface area contributed by atoms with E-state index in [4.69, 9.17) is 11.6 Å². The first-order valence-corrected chi connectivity index (χ1v) is 7.57. The predicted octanol–water partition coefficient (Wildman–Crippen LogP) is 3.14. The lowest BCUT2D eigenvalue weighted by Crippen LogP contribution is -2.13. The number of aromatic nitrogens is 3. The van der Waals surface area contributed by atoms with Crippen molar-refractivity contribution in [2.45, 2.75) is 6.54 Å². The van der Waals surface area contributed by atoms with Gasteiger partial charge in [0.05, 0.1) is 22.1 Å². The van der Waals surface area contributed by atoms with Gasteiger partial charge in [-0.05, 0) is 23.8 Å². The summed E-state index contributed by atoms with van der Waals surface area (Å²) in [4.78, 5) is 26.5.